The molecule has 0 aromatic carbocycles. The summed E-state index contributed by atoms with van der Waals surface area (Å²) in [4.78, 5) is 5.07. The number of piperidine rings is 1. The van der Waals surface area contributed by atoms with Crippen LogP contribution in [0.25, 0.3) is 0 Å². The fourth-order valence-electron chi connectivity index (χ4n) is 4.26. The number of rotatable bonds is 4. The molecule has 0 aromatic rings. The first-order chi connectivity index (χ1) is 9.04. The molecule has 112 valence electrons. The zero-order valence-electron chi connectivity index (χ0n) is 13.2. The first-order valence-electron chi connectivity index (χ1n) is 8.13. The molecule has 3 heteroatoms. The molecule has 1 saturated carbocycles. The molecule has 1 aliphatic carbocycles. The zero-order valence-corrected chi connectivity index (χ0v) is 13.2. The SMILES string of the molecule is CC1CCCC(CN)(CN(C)C2CCN(C)CC2)C1. The van der Waals surface area contributed by atoms with Crippen LogP contribution < -0.4 is 5.73 Å². The molecule has 0 radical (unpaired) electrons. The fraction of sp³-hybridized carbons (Fsp3) is 1.00. The Bertz CT molecular complexity index is 273. The first-order valence-corrected chi connectivity index (χ1v) is 8.13. The lowest BCUT2D eigenvalue weighted by Crippen LogP contribution is -2.49. The lowest BCUT2D eigenvalue weighted by Gasteiger charge is -2.45. The van der Waals surface area contributed by atoms with Crippen LogP contribution in [0.15, 0.2) is 0 Å². The molecule has 2 atom stereocenters. The van der Waals surface area contributed by atoms with Gasteiger partial charge in [0, 0.05) is 12.6 Å². The second-order valence-electron chi connectivity index (χ2n) is 7.36. The van der Waals surface area contributed by atoms with Gasteiger partial charge in [-0.05, 0) is 70.7 Å². The summed E-state index contributed by atoms with van der Waals surface area (Å²) in [5, 5.41) is 0. The monoisotopic (exact) mass is 267 g/mol. The van der Waals surface area contributed by atoms with Crippen molar-refractivity contribution < 1.29 is 0 Å². The number of nitrogens with zero attached hydrogens (tertiary/aromatic N) is 2. The molecule has 19 heavy (non-hydrogen) atoms. The van der Waals surface area contributed by atoms with Crippen molar-refractivity contribution in [2.24, 2.45) is 17.1 Å². The van der Waals surface area contributed by atoms with E-state index in [1.807, 2.05) is 0 Å². The maximum Gasteiger partial charge on any atom is 0.0117 e. The maximum atomic E-state index is 6.17. The summed E-state index contributed by atoms with van der Waals surface area (Å²) in [6.07, 6.45) is 8.09. The van der Waals surface area contributed by atoms with E-state index in [1.54, 1.807) is 0 Å². The fourth-order valence-corrected chi connectivity index (χ4v) is 4.26. The van der Waals surface area contributed by atoms with Gasteiger partial charge in [-0.15, -0.1) is 0 Å². The Hall–Kier alpha value is -0.120. The summed E-state index contributed by atoms with van der Waals surface area (Å²) >= 11 is 0. The molecule has 0 amide bonds. The predicted octanol–water partition coefficient (Wildman–Crippen LogP) is 2.17. The van der Waals surface area contributed by atoms with Crippen LogP contribution in [-0.2, 0) is 0 Å². The van der Waals surface area contributed by atoms with Gasteiger partial charge in [0.15, 0.2) is 0 Å². The van der Waals surface area contributed by atoms with Crippen molar-refractivity contribution >= 4 is 0 Å². The second kappa shape index (κ2) is 6.55. The molecule has 2 rings (SSSR count). The lowest BCUT2D eigenvalue weighted by molar-refractivity contribution is 0.0597. The Balaban J connectivity index is 1.90. The van der Waals surface area contributed by atoms with E-state index in [1.165, 1.54) is 58.2 Å². The van der Waals surface area contributed by atoms with Gasteiger partial charge in [-0.25, -0.2) is 0 Å². The van der Waals surface area contributed by atoms with Gasteiger partial charge in [0.25, 0.3) is 0 Å². The highest BCUT2D eigenvalue weighted by atomic mass is 15.2. The van der Waals surface area contributed by atoms with Crippen LogP contribution in [0, 0.1) is 11.3 Å². The molecule has 1 saturated heterocycles. The Kier molecular flexibility index (Phi) is 5.27. The number of hydrogen-bond acceptors (Lipinski definition) is 3. The van der Waals surface area contributed by atoms with Crippen LogP contribution >= 0.6 is 0 Å². The second-order valence-corrected chi connectivity index (χ2v) is 7.36. The van der Waals surface area contributed by atoms with Crippen molar-refractivity contribution in [1.82, 2.24) is 9.80 Å². The molecular formula is C16H33N3. The van der Waals surface area contributed by atoms with Gasteiger partial charge in [0.05, 0.1) is 0 Å². The molecule has 0 aromatic heterocycles. The van der Waals surface area contributed by atoms with Gasteiger partial charge in [0.1, 0.15) is 0 Å². The average molecular weight is 267 g/mol. The third-order valence-corrected chi connectivity index (χ3v) is 5.51. The van der Waals surface area contributed by atoms with Crippen molar-refractivity contribution in [3.05, 3.63) is 0 Å². The topological polar surface area (TPSA) is 32.5 Å². The molecule has 1 aliphatic heterocycles. The normalized spacial score (nSPS) is 34.9. The molecule has 2 unspecified atom stereocenters. The molecule has 3 nitrogen and oxygen atoms in total. The zero-order chi connectivity index (χ0) is 13.9. The summed E-state index contributed by atoms with van der Waals surface area (Å²) < 4.78 is 0. The molecule has 2 fully saturated rings. The van der Waals surface area contributed by atoms with Crippen molar-refractivity contribution in [3.8, 4) is 0 Å². The van der Waals surface area contributed by atoms with Crippen LogP contribution in [0.3, 0.4) is 0 Å². The summed E-state index contributed by atoms with van der Waals surface area (Å²) in [5.74, 6) is 0.864. The Morgan fingerprint density at radius 3 is 2.53 bits per heavy atom. The third-order valence-electron chi connectivity index (χ3n) is 5.51. The summed E-state index contributed by atoms with van der Waals surface area (Å²) in [6.45, 7) is 6.98. The van der Waals surface area contributed by atoms with E-state index < -0.39 is 0 Å². The molecule has 2 N–H and O–H groups in total. The minimum Gasteiger partial charge on any atom is -0.330 e. The average Bonchev–Trinajstić information content (AvgIpc) is 2.39. The summed E-state index contributed by atoms with van der Waals surface area (Å²) in [6, 6.07) is 0.775. The lowest BCUT2D eigenvalue weighted by atomic mass is 9.69. The van der Waals surface area contributed by atoms with E-state index in [9.17, 15) is 0 Å². The van der Waals surface area contributed by atoms with Gasteiger partial charge < -0.3 is 15.5 Å². The minimum atomic E-state index is 0.399. The van der Waals surface area contributed by atoms with Crippen LogP contribution in [-0.4, -0.2) is 56.1 Å². The largest absolute Gasteiger partial charge is 0.330 e. The van der Waals surface area contributed by atoms with Crippen LogP contribution in [0.2, 0.25) is 0 Å². The van der Waals surface area contributed by atoms with Gasteiger partial charge >= 0.3 is 0 Å². The smallest absolute Gasteiger partial charge is 0.0117 e. The molecular weight excluding hydrogens is 234 g/mol. The minimum absolute atomic E-state index is 0.399. The highest BCUT2D eigenvalue weighted by Crippen LogP contribution is 2.39. The van der Waals surface area contributed by atoms with E-state index in [4.69, 9.17) is 5.73 Å². The van der Waals surface area contributed by atoms with Crippen molar-refractivity contribution in [3.63, 3.8) is 0 Å². The molecule has 2 aliphatic rings. The van der Waals surface area contributed by atoms with Gasteiger partial charge in [-0.2, -0.15) is 0 Å². The number of nitrogens with two attached hydrogens (primary N) is 1. The third kappa shape index (κ3) is 3.93. The van der Waals surface area contributed by atoms with Crippen LogP contribution in [0.1, 0.15) is 45.4 Å². The highest BCUT2D eigenvalue weighted by Gasteiger charge is 2.36. The molecule has 0 spiro atoms. The Morgan fingerprint density at radius 2 is 1.95 bits per heavy atom. The van der Waals surface area contributed by atoms with Gasteiger partial charge in [0.2, 0.25) is 0 Å². The Labute approximate surface area is 119 Å². The summed E-state index contributed by atoms with van der Waals surface area (Å²) in [7, 11) is 4.56. The number of hydrogen-bond donors (Lipinski definition) is 1. The van der Waals surface area contributed by atoms with E-state index in [-0.39, 0.29) is 0 Å². The number of likely N-dealkylation sites (tertiary alicyclic amines) is 1. The maximum absolute atomic E-state index is 6.17. The van der Waals surface area contributed by atoms with E-state index >= 15 is 0 Å². The van der Waals surface area contributed by atoms with Gasteiger partial charge in [-0.1, -0.05) is 19.8 Å². The summed E-state index contributed by atoms with van der Waals surface area (Å²) in [5.41, 5.74) is 6.56. The van der Waals surface area contributed by atoms with Gasteiger partial charge in [-0.3, -0.25) is 0 Å². The van der Waals surface area contributed by atoms with E-state index in [0.29, 0.717) is 5.41 Å². The van der Waals surface area contributed by atoms with E-state index in [2.05, 4.69) is 30.8 Å². The first kappa shape index (κ1) is 15.3. The Morgan fingerprint density at radius 1 is 1.26 bits per heavy atom. The highest BCUT2D eigenvalue weighted by molar-refractivity contribution is 4.90. The van der Waals surface area contributed by atoms with Crippen LogP contribution in [0.4, 0.5) is 0 Å². The standard InChI is InChI=1S/C16H33N3/c1-14-5-4-8-16(11-14,12-17)13-19(3)15-6-9-18(2)10-7-15/h14-15H,4-13,17H2,1-3H3. The van der Waals surface area contributed by atoms with Crippen LogP contribution in [0.5, 0.6) is 0 Å². The molecule has 1 heterocycles. The van der Waals surface area contributed by atoms with Crippen molar-refractivity contribution in [2.45, 2.75) is 51.5 Å². The molecule has 0 bridgehead atoms. The predicted molar refractivity (Wildman–Crippen MR) is 82.3 cm³/mol. The van der Waals surface area contributed by atoms with Crippen molar-refractivity contribution in [2.75, 3.05) is 40.3 Å². The quantitative estimate of drug-likeness (QED) is 0.847. The van der Waals surface area contributed by atoms with Crippen molar-refractivity contribution in [1.29, 1.82) is 0 Å². The van der Waals surface area contributed by atoms with E-state index in [0.717, 1.165) is 18.5 Å².